The van der Waals surface area contributed by atoms with Crippen molar-refractivity contribution < 1.29 is 54.9 Å². The molecule has 0 saturated heterocycles. The maximum atomic E-state index is 14.9. The number of methoxy groups -OCH3 is 1. The number of halogens is 4. The lowest BCUT2D eigenvalue weighted by Gasteiger charge is -2.29. The van der Waals surface area contributed by atoms with Crippen LogP contribution < -0.4 is 20.1 Å². The van der Waals surface area contributed by atoms with Crippen molar-refractivity contribution in [2.45, 2.75) is 54.7 Å². The number of alkyl halides is 3. The molecule has 15 heteroatoms. The van der Waals surface area contributed by atoms with Crippen LogP contribution in [0.25, 0.3) is 0 Å². The lowest BCUT2D eigenvalue weighted by Crippen LogP contribution is -2.47. The Balaban J connectivity index is 1.33. The topological polar surface area (TPSA) is 148 Å². The van der Waals surface area contributed by atoms with Crippen molar-refractivity contribution in [1.82, 2.24) is 5.32 Å². The molecule has 2 saturated carbocycles. The smallest absolute Gasteiger partial charge is 0.496 e. The van der Waals surface area contributed by atoms with Crippen LogP contribution in [0.3, 0.4) is 0 Å². The van der Waals surface area contributed by atoms with Crippen LogP contribution in [-0.2, 0) is 19.4 Å². The molecule has 0 radical (unpaired) electrons. The van der Waals surface area contributed by atoms with Gasteiger partial charge in [-0.05, 0) is 68.2 Å². The molecule has 45 heavy (non-hydrogen) atoms. The minimum Gasteiger partial charge on any atom is -0.496 e. The minimum atomic E-state index is -5.64. The number of benzene rings is 2. The highest BCUT2D eigenvalue weighted by Crippen LogP contribution is 2.45. The summed E-state index contributed by atoms with van der Waals surface area (Å²) in [5.74, 6) is -5.20. The number of ether oxygens (including phenoxy) is 2. The fourth-order valence-electron chi connectivity index (χ4n) is 6.28. The maximum absolute atomic E-state index is 14.9. The predicted molar refractivity (Wildman–Crippen MR) is 151 cm³/mol. The van der Waals surface area contributed by atoms with Gasteiger partial charge in [-0.1, -0.05) is 18.2 Å². The van der Waals surface area contributed by atoms with Crippen LogP contribution in [0.1, 0.15) is 42.5 Å². The number of hydrogen-bond donors (Lipinski definition) is 3. The molecule has 2 amide bonds. The molecule has 10 nitrogen and oxygen atoms in total. The van der Waals surface area contributed by atoms with Gasteiger partial charge in [0.05, 0.1) is 35.5 Å². The molecule has 5 rings (SSSR count). The van der Waals surface area contributed by atoms with Crippen molar-refractivity contribution in [3.63, 3.8) is 0 Å². The van der Waals surface area contributed by atoms with Crippen molar-refractivity contribution in [3.05, 3.63) is 59.9 Å². The van der Waals surface area contributed by atoms with Crippen molar-refractivity contribution in [2.24, 2.45) is 23.7 Å². The van der Waals surface area contributed by atoms with Crippen molar-refractivity contribution in [3.8, 4) is 11.5 Å². The van der Waals surface area contributed by atoms with Crippen LogP contribution in [-0.4, -0.2) is 56.1 Å². The molecule has 3 N–H and O–H groups in total. The van der Waals surface area contributed by atoms with Gasteiger partial charge in [-0.3, -0.25) is 14.4 Å². The molecule has 0 heterocycles. The molecule has 4 atom stereocenters. The molecule has 3 aliphatic carbocycles. The molecule has 3 aliphatic rings. The second kappa shape index (κ2) is 12.3. The van der Waals surface area contributed by atoms with Crippen LogP contribution >= 0.6 is 0 Å². The molecule has 242 valence electrons. The third-order valence-corrected chi connectivity index (χ3v) is 10.1. The number of nitrogens with one attached hydrogen (secondary N) is 2. The molecule has 2 fully saturated rings. The highest BCUT2D eigenvalue weighted by atomic mass is 32.2. The second-order valence-electron chi connectivity index (χ2n) is 11.4. The largest absolute Gasteiger partial charge is 0.501 e. The second-order valence-corrected chi connectivity index (χ2v) is 13.3. The molecular weight excluding hydrogens is 624 g/mol. The quantitative estimate of drug-likeness (QED) is 0.260. The summed E-state index contributed by atoms with van der Waals surface area (Å²) < 4.78 is 88.8. The van der Waals surface area contributed by atoms with Gasteiger partial charge in [-0.25, -0.2) is 12.8 Å². The zero-order chi connectivity index (χ0) is 32.7. The maximum Gasteiger partial charge on any atom is 0.501 e. The van der Waals surface area contributed by atoms with Gasteiger partial charge < -0.3 is 25.2 Å². The number of hydrogen-bond acceptors (Lipinski definition) is 7. The first-order valence-corrected chi connectivity index (χ1v) is 15.7. The normalized spacial score (nSPS) is 25.9. The van der Waals surface area contributed by atoms with E-state index in [2.05, 4.69) is 10.6 Å². The van der Waals surface area contributed by atoms with Crippen LogP contribution in [0.5, 0.6) is 11.5 Å². The lowest BCUT2D eigenvalue weighted by atomic mass is 9.87. The summed E-state index contributed by atoms with van der Waals surface area (Å²) in [6.45, 7) is 0. The zero-order valence-electron chi connectivity index (χ0n) is 23.8. The number of anilines is 1. The number of fused-ring (bicyclic) bond motifs is 2. The van der Waals surface area contributed by atoms with E-state index in [4.69, 9.17) is 9.47 Å². The molecule has 0 spiro atoms. The highest BCUT2D eigenvalue weighted by molar-refractivity contribution is 7.92. The van der Waals surface area contributed by atoms with E-state index in [9.17, 15) is 45.5 Å². The minimum absolute atomic E-state index is 0.0657. The Morgan fingerprint density at radius 2 is 1.67 bits per heavy atom. The van der Waals surface area contributed by atoms with Gasteiger partial charge in [-0.2, -0.15) is 13.2 Å². The van der Waals surface area contributed by atoms with Crippen molar-refractivity contribution >= 4 is 33.3 Å². The zero-order valence-corrected chi connectivity index (χ0v) is 24.7. The lowest BCUT2D eigenvalue weighted by molar-refractivity contribution is -0.143. The van der Waals surface area contributed by atoms with Gasteiger partial charge in [0.25, 0.3) is 15.7 Å². The van der Waals surface area contributed by atoms with E-state index in [1.807, 2.05) is 12.2 Å². The highest BCUT2D eigenvalue weighted by Gasteiger charge is 2.50. The summed E-state index contributed by atoms with van der Waals surface area (Å²) in [5, 5.41) is 14.5. The van der Waals surface area contributed by atoms with Crippen molar-refractivity contribution in [2.75, 3.05) is 12.4 Å². The average molecular weight is 655 g/mol. The van der Waals surface area contributed by atoms with Crippen LogP contribution in [0.15, 0.2) is 53.4 Å². The Morgan fingerprint density at radius 3 is 2.31 bits per heavy atom. The van der Waals surface area contributed by atoms with E-state index in [0.717, 1.165) is 24.3 Å². The Hall–Kier alpha value is -4.14. The molecule has 0 unspecified atom stereocenters. The third-order valence-electron chi connectivity index (χ3n) is 8.59. The molecular formula is C30H30F4N2O8S. The predicted octanol–water partition coefficient (Wildman–Crippen LogP) is 4.71. The first-order valence-electron chi connectivity index (χ1n) is 14.2. The molecule has 2 bridgehead atoms. The summed E-state index contributed by atoms with van der Waals surface area (Å²) >= 11 is 0. The van der Waals surface area contributed by atoms with Crippen LogP contribution in [0, 0.1) is 29.5 Å². The number of allylic oxidation sites excluding steroid dienone is 1. The van der Waals surface area contributed by atoms with Gasteiger partial charge >= 0.3 is 11.5 Å². The monoisotopic (exact) mass is 654 g/mol. The van der Waals surface area contributed by atoms with E-state index in [1.165, 1.54) is 19.2 Å². The summed E-state index contributed by atoms with van der Waals surface area (Å²) in [6.07, 6.45) is 5.24. The van der Waals surface area contributed by atoms with Gasteiger partial charge in [-0.15, -0.1) is 0 Å². The fourth-order valence-corrected chi connectivity index (χ4v) is 7.09. The Morgan fingerprint density at radius 1 is 0.978 bits per heavy atom. The number of carboxylic acids is 1. The fraction of sp³-hybridized carbons (Fsp3) is 0.433. The van der Waals surface area contributed by atoms with E-state index >= 15 is 0 Å². The average Bonchev–Trinajstić information content (AvgIpc) is 3.60. The first kappa shape index (κ1) is 32.3. The van der Waals surface area contributed by atoms with E-state index in [0.29, 0.717) is 32.1 Å². The summed E-state index contributed by atoms with van der Waals surface area (Å²) in [6, 6.07) is 5.26. The van der Waals surface area contributed by atoms with E-state index in [1.54, 1.807) is 0 Å². The number of carboxylic acid groups (broad SMARTS) is 1. The van der Waals surface area contributed by atoms with Crippen LogP contribution in [0.4, 0.5) is 23.2 Å². The number of aliphatic carboxylic acids is 1. The molecule has 2 aromatic rings. The van der Waals surface area contributed by atoms with E-state index in [-0.39, 0.29) is 34.6 Å². The number of amides is 2. The number of sulfone groups is 1. The SMILES string of the molecule is COc1cc(F)c(OC2CCC(C(=O)O)CC2)cc1C(=O)N[C@H]1[C@@H](C(=O)Nc2cccc(S(=O)(=O)C(F)(F)F)c2)[C@@H]2C=C[C@H]1C2. The Labute approximate surface area is 255 Å². The Kier molecular flexibility index (Phi) is 8.84. The molecule has 0 aliphatic heterocycles. The van der Waals surface area contributed by atoms with Gasteiger partial charge in [0.15, 0.2) is 11.6 Å². The summed E-state index contributed by atoms with van der Waals surface area (Å²) in [5.41, 5.74) is -5.75. The first-order chi connectivity index (χ1) is 21.2. The number of rotatable bonds is 9. The molecule has 0 aromatic heterocycles. The summed E-state index contributed by atoms with van der Waals surface area (Å²) in [7, 11) is -4.39. The number of carbonyl (C=O) groups excluding carboxylic acids is 2. The van der Waals surface area contributed by atoms with Crippen molar-refractivity contribution in [1.29, 1.82) is 0 Å². The molecule has 2 aromatic carbocycles. The third kappa shape index (κ3) is 6.49. The Bertz CT molecular complexity index is 1640. The van der Waals surface area contributed by atoms with Gasteiger partial charge in [0.2, 0.25) is 5.91 Å². The van der Waals surface area contributed by atoms with E-state index < -0.39 is 67.8 Å². The van der Waals surface area contributed by atoms with Crippen LogP contribution in [0.2, 0.25) is 0 Å². The van der Waals surface area contributed by atoms with Gasteiger partial charge in [0.1, 0.15) is 5.75 Å². The standard InChI is InChI=1S/C30H30F4N2O8S/c1-43-23-14-22(31)24(44-19-9-7-15(8-10-19)29(39)40)13-21(23)27(37)36-26-17-6-5-16(11-17)25(26)28(38)35-18-3-2-4-20(12-18)45(41,42)30(32,33)34/h2-6,12-17,19,25-26H,7-11H2,1H3,(H,35,38)(H,36,37)(H,39,40)/t15?,16-,17+,19?,25+,26-/m1/s1. The van der Waals surface area contributed by atoms with Gasteiger partial charge in [0, 0.05) is 17.8 Å². The number of carbonyl (C=O) groups is 3. The summed E-state index contributed by atoms with van der Waals surface area (Å²) in [4.78, 5) is 37.2.